The Morgan fingerprint density at radius 2 is 2.13 bits per heavy atom. The molecule has 0 spiro atoms. The molecule has 8 heteroatoms. The molecule has 0 N–H and O–H groups in total. The maximum absolute atomic E-state index is 12.2. The van der Waals surface area contributed by atoms with Gasteiger partial charge in [0.05, 0.1) is 32.2 Å². The van der Waals surface area contributed by atoms with Gasteiger partial charge in [-0.3, -0.25) is 0 Å². The first-order chi connectivity index (χ1) is 10.9. The Bertz CT molecular complexity index is 724. The smallest absolute Gasteiger partial charge is 0.344 e. The third kappa shape index (κ3) is 3.00. The average molecular weight is 340 g/mol. The summed E-state index contributed by atoms with van der Waals surface area (Å²) < 4.78 is 46.0. The largest absolute Gasteiger partial charge is 0.493 e. The first-order valence-electron chi connectivity index (χ1n) is 7.48. The number of fused-ring (bicyclic) bond motifs is 1. The molecular formula is C15H20N2O5S. The molecule has 1 atom stereocenters. The quantitative estimate of drug-likeness (QED) is 0.834. The topological polar surface area (TPSA) is 77.4 Å². The third-order valence-electron chi connectivity index (χ3n) is 3.77. The number of methoxy groups -OCH3 is 1. The van der Waals surface area contributed by atoms with Gasteiger partial charge in [-0.25, -0.2) is 4.31 Å². The van der Waals surface area contributed by atoms with Gasteiger partial charge in [0.25, 0.3) is 0 Å². The van der Waals surface area contributed by atoms with E-state index in [1.165, 1.54) is 17.6 Å². The van der Waals surface area contributed by atoms with Crippen molar-refractivity contribution in [2.45, 2.75) is 32.4 Å². The van der Waals surface area contributed by atoms with Crippen molar-refractivity contribution in [2.24, 2.45) is 4.40 Å². The molecule has 1 aromatic carbocycles. The Hall–Kier alpha value is -1.80. The van der Waals surface area contributed by atoms with Gasteiger partial charge < -0.3 is 14.2 Å². The lowest BCUT2D eigenvalue weighted by Gasteiger charge is -2.30. The second-order valence-corrected chi connectivity index (χ2v) is 7.27. The van der Waals surface area contributed by atoms with E-state index >= 15 is 0 Å². The van der Waals surface area contributed by atoms with Crippen LogP contribution in [0.15, 0.2) is 16.5 Å². The zero-order valence-electron chi connectivity index (χ0n) is 13.4. The SMILES string of the molecule is COc1cc2c(cc1O[C@H]1CCOC1)C=NS(=O)(=O)N2C(C)C. The summed E-state index contributed by atoms with van der Waals surface area (Å²) in [7, 11) is -2.18. The van der Waals surface area contributed by atoms with Crippen LogP contribution in [0.5, 0.6) is 11.5 Å². The third-order valence-corrected chi connectivity index (χ3v) is 5.26. The predicted molar refractivity (Wildman–Crippen MR) is 87.0 cm³/mol. The number of nitrogens with zero attached hydrogens (tertiary/aromatic N) is 2. The molecule has 23 heavy (non-hydrogen) atoms. The van der Waals surface area contributed by atoms with Gasteiger partial charge in [0.1, 0.15) is 6.10 Å². The summed E-state index contributed by atoms with van der Waals surface area (Å²) in [4.78, 5) is 0. The van der Waals surface area contributed by atoms with E-state index in [1.807, 2.05) is 0 Å². The highest BCUT2D eigenvalue weighted by atomic mass is 32.2. The van der Waals surface area contributed by atoms with Gasteiger partial charge in [0, 0.05) is 24.1 Å². The van der Waals surface area contributed by atoms with Crippen molar-refractivity contribution in [3.8, 4) is 11.5 Å². The molecule has 0 aromatic heterocycles. The highest BCUT2D eigenvalue weighted by molar-refractivity contribution is 7.91. The minimum Gasteiger partial charge on any atom is -0.493 e. The van der Waals surface area contributed by atoms with Gasteiger partial charge in [-0.1, -0.05) is 0 Å². The van der Waals surface area contributed by atoms with Gasteiger partial charge in [0.15, 0.2) is 11.5 Å². The number of ether oxygens (including phenoxy) is 3. The normalized spacial score (nSPS) is 22.3. The van der Waals surface area contributed by atoms with E-state index in [2.05, 4.69) is 4.40 Å². The standard InChI is InChI=1S/C15H20N2O5S/c1-10(2)17-13-7-14(20-3)15(22-12-4-5-21-9-12)6-11(13)8-16-23(17,18)19/h6-8,10,12H,4-5,9H2,1-3H3/t12-/m0/s1. The van der Waals surface area contributed by atoms with Crippen LogP contribution in [0.1, 0.15) is 25.8 Å². The minimum absolute atomic E-state index is 0.0209. The molecule has 7 nitrogen and oxygen atoms in total. The van der Waals surface area contributed by atoms with E-state index in [1.54, 1.807) is 26.0 Å². The molecule has 0 radical (unpaired) electrons. The summed E-state index contributed by atoms with van der Waals surface area (Å²) in [5.74, 6) is 1.06. The molecule has 2 aliphatic rings. The molecule has 0 unspecified atom stereocenters. The zero-order chi connectivity index (χ0) is 16.6. The van der Waals surface area contributed by atoms with Gasteiger partial charge in [-0.2, -0.15) is 12.8 Å². The van der Waals surface area contributed by atoms with E-state index < -0.39 is 10.2 Å². The van der Waals surface area contributed by atoms with Crippen LogP contribution in [0.2, 0.25) is 0 Å². The van der Waals surface area contributed by atoms with Crippen LogP contribution < -0.4 is 13.8 Å². The number of rotatable bonds is 4. The molecule has 0 aliphatic carbocycles. The van der Waals surface area contributed by atoms with Crippen LogP contribution in [0.4, 0.5) is 5.69 Å². The second-order valence-electron chi connectivity index (χ2n) is 5.77. The van der Waals surface area contributed by atoms with E-state index in [0.717, 1.165) is 6.42 Å². The molecular weight excluding hydrogens is 320 g/mol. The lowest BCUT2D eigenvalue weighted by atomic mass is 10.1. The minimum atomic E-state index is -3.71. The number of benzene rings is 1. The molecule has 1 aromatic rings. The fourth-order valence-corrected chi connectivity index (χ4v) is 4.03. The summed E-state index contributed by atoms with van der Waals surface area (Å²) in [6, 6.07) is 3.19. The molecule has 126 valence electrons. The van der Waals surface area contributed by atoms with Gasteiger partial charge in [0.2, 0.25) is 0 Å². The Morgan fingerprint density at radius 3 is 2.74 bits per heavy atom. The van der Waals surface area contributed by atoms with E-state index in [0.29, 0.717) is 36.0 Å². The number of hydrogen-bond acceptors (Lipinski definition) is 5. The summed E-state index contributed by atoms with van der Waals surface area (Å²) in [6.45, 7) is 4.82. The first kappa shape index (κ1) is 16.1. The fraction of sp³-hybridized carbons (Fsp3) is 0.533. The first-order valence-corrected chi connectivity index (χ1v) is 8.88. The summed E-state index contributed by atoms with van der Waals surface area (Å²) in [5.41, 5.74) is 1.23. The fourth-order valence-electron chi connectivity index (χ4n) is 2.74. The monoisotopic (exact) mass is 340 g/mol. The summed E-state index contributed by atoms with van der Waals surface area (Å²) in [6.07, 6.45) is 2.15. The van der Waals surface area contributed by atoms with E-state index in [4.69, 9.17) is 14.2 Å². The summed E-state index contributed by atoms with van der Waals surface area (Å²) in [5, 5.41) is 0. The molecule has 0 saturated carbocycles. The molecule has 0 bridgehead atoms. The molecule has 0 amide bonds. The van der Waals surface area contributed by atoms with Crippen molar-refractivity contribution in [1.82, 2.24) is 0 Å². The maximum atomic E-state index is 12.2. The van der Waals surface area contributed by atoms with Crippen molar-refractivity contribution in [2.75, 3.05) is 24.6 Å². The molecule has 1 fully saturated rings. The van der Waals surface area contributed by atoms with Crippen LogP contribution in [0.25, 0.3) is 0 Å². The lowest BCUT2D eigenvalue weighted by molar-refractivity contribution is 0.138. The highest BCUT2D eigenvalue weighted by Gasteiger charge is 2.31. The lowest BCUT2D eigenvalue weighted by Crippen LogP contribution is -2.38. The average Bonchev–Trinajstić information content (AvgIpc) is 2.98. The van der Waals surface area contributed by atoms with Gasteiger partial charge in [-0.05, 0) is 19.9 Å². The summed E-state index contributed by atoms with van der Waals surface area (Å²) >= 11 is 0. The predicted octanol–water partition coefficient (Wildman–Crippen LogP) is 1.75. The molecule has 2 aliphatic heterocycles. The van der Waals surface area contributed by atoms with Crippen molar-refractivity contribution in [1.29, 1.82) is 0 Å². The van der Waals surface area contributed by atoms with Gasteiger partial charge >= 0.3 is 10.2 Å². The van der Waals surface area contributed by atoms with Crippen molar-refractivity contribution in [3.63, 3.8) is 0 Å². The van der Waals surface area contributed by atoms with Gasteiger partial charge in [-0.15, -0.1) is 0 Å². The Morgan fingerprint density at radius 1 is 1.35 bits per heavy atom. The molecule has 1 saturated heterocycles. The van der Waals surface area contributed by atoms with Crippen molar-refractivity contribution in [3.05, 3.63) is 17.7 Å². The Balaban J connectivity index is 2.04. The van der Waals surface area contributed by atoms with Crippen LogP contribution in [-0.4, -0.2) is 47.1 Å². The van der Waals surface area contributed by atoms with Crippen LogP contribution in [-0.2, 0) is 14.9 Å². The van der Waals surface area contributed by atoms with Crippen molar-refractivity contribution >= 4 is 22.1 Å². The van der Waals surface area contributed by atoms with E-state index in [-0.39, 0.29) is 12.1 Å². The van der Waals surface area contributed by atoms with Crippen LogP contribution in [0, 0.1) is 0 Å². The molecule has 3 rings (SSSR count). The van der Waals surface area contributed by atoms with Crippen molar-refractivity contribution < 1.29 is 22.6 Å². The number of hydrogen-bond donors (Lipinski definition) is 0. The second kappa shape index (κ2) is 6.01. The van der Waals surface area contributed by atoms with Crippen LogP contribution >= 0.6 is 0 Å². The molecule has 2 heterocycles. The number of anilines is 1. The zero-order valence-corrected chi connectivity index (χ0v) is 14.2. The maximum Gasteiger partial charge on any atom is 0.344 e. The Labute approximate surface area is 136 Å². The highest BCUT2D eigenvalue weighted by Crippen LogP contribution is 2.39. The Kier molecular flexibility index (Phi) is 4.20. The van der Waals surface area contributed by atoms with E-state index in [9.17, 15) is 8.42 Å². The van der Waals surface area contributed by atoms with Crippen LogP contribution in [0.3, 0.4) is 0 Å².